The summed E-state index contributed by atoms with van der Waals surface area (Å²) in [5.74, 6) is 0.755. The van der Waals surface area contributed by atoms with Gasteiger partial charge in [0, 0.05) is 24.2 Å². The third-order valence-electron chi connectivity index (χ3n) is 4.83. The molecule has 0 fully saturated rings. The quantitative estimate of drug-likeness (QED) is 0.449. The second-order valence-corrected chi connectivity index (χ2v) is 6.96. The number of aryl methyl sites for hydroxylation is 1. The summed E-state index contributed by atoms with van der Waals surface area (Å²) in [6.45, 7) is 2.84. The van der Waals surface area contributed by atoms with E-state index in [1.807, 2.05) is 24.5 Å². The summed E-state index contributed by atoms with van der Waals surface area (Å²) in [4.78, 5) is 9.42. The summed E-state index contributed by atoms with van der Waals surface area (Å²) < 4.78 is 2.08. The molecule has 3 heterocycles. The third kappa shape index (κ3) is 3.91. The molecule has 29 heavy (non-hydrogen) atoms. The number of nitrogens with zero attached hydrogens (tertiary/aromatic N) is 4. The molecule has 0 radical (unpaired) electrons. The lowest BCUT2D eigenvalue weighted by atomic mass is 10.0. The number of nitrogens with one attached hydrogen (secondary N) is 1. The van der Waals surface area contributed by atoms with Gasteiger partial charge in [0.15, 0.2) is 5.82 Å². The lowest BCUT2D eigenvalue weighted by molar-refractivity contribution is 0.761. The molecule has 0 saturated heterocycles. The Balaban J connectivity index is 0.00000205. The Morgan fingerprint density at radius 1 is 0.862 bits per heavy atom. The highest BCUT2D eigenvalue weighted by atomic mass is 35.5. The molecule has 0 unspecified atom stereocenters. The maximum absolute atomic E-state index is 4.73. The van der Waals surface area contributed by atoms with Crippen LogP contribution in [-0.4, -0.2) is 24.7 Å². The molecule has 6 heteroatoms. The smallest absolute Gasteiger partial charge is 0.160 e. The summed E-state index contributed by atoms with van der Waals surface area (Å²) in [7, 11) is 0. The molecular weight excluding hydrogens is 382 g/mol. The number of H-pyrrole nitrogens is 1. The fraction of sp³-hybridized carbons (Fsp3) is 0.0870. The van der Waals surface area contributed by atoms with Crippen LogP contribution in [0, 0.1) is 6.92 Å². The summed E-state index contributed by atoms with van der Waals surface area (Å²) in [6, 6.07) is 20.9. The predicted molar refractivity (Wildman–Crippen MR) is 117 cm³/mol. The van der Waals surface area contributed by atoms with Crippen molar-refractivity contribution in [2.24, 2.45) is 0 Å². The number of fused-ring (bicyclic) bond motifs is 1. The van der Waals surface area contributed by atoms with E-state index < -0.39 is 0 Å². The number of hydrogen-bond acceptors (Lipinski definition) is 3. The number of imidazole rings is 1. The van der Waals surface area contributed by atoms with Gasteiger partial charge >= 0.3 is 0 Å². The minimum Gasteiger partial charge on any atom is -0.346 e. The molecule has 3 aromatic rings. The zero-order valence-electron chi connectivity index (χ0n) is 15.9. The first kappa shape index (κ1) is 18.9. The Morgan fingerprint density at radius 2 is 1.66 bits per heavy atom. The normalized spacial score (nSPS) is 10.8. The fourth-order valence-corrected chi connectivity index (χ4v) is 3.39. The van der Waals surface area contributed by atoms with Crippen molar-refractivity contribution in [2.75, 3.05) is 0 Å². The minimum absolute atomic E-state index is 0. The van der Waals surface area contributed by atoms with Crippen LogP contribution in [0.15, 0.2) is 79.3 Å². The van der Waals surface area contributed by atoms with Crippen LogP contribution in [-0.2, 0) is 6.54 Å². The second kappa shape index (κ2) is 7.89. The van der Waals surface area contributed by atoms with Crippen LogP contribution in [0.2, 0.25) is 0 Å². The van der Waals surface area contributed by atoms with E-state index in [0.29, 0.717) is 0 Å². The number of aromatic nitrogens is 5. The molecule has 0 bridgehead atoms. The Kier molecular flexibility index (Phi) is 5.14. The summed E-state index contributed by atoms with van der Waals surface area (Å²) >= 11 is 0. The van der Waals surface area contributed by atoms with E-state index in [-0.39, 0.29) is 12.4 Å². The monoisotopic (exact) mass is 401 g/mol. The summed E-state index contributed by atoms with van der Waals surface area (Å²) in [6.07, 6.45) is 5.80. The van der Waals surface area contributed by atoms with E-state index in [1.54, 1.807) is 6.20 Å². The molecule has 2 aliphatic heterocycles. The van der Waals surface area contributed by atoms with Crippen molar-refractivity contribution in [1.29, 1.82) is 0 Å². The molecule has 144 valence electrons. The van der Waals surface area contributed by atoms with Gasteiger partial charge in [0.25, 0.3) is 0 Å². The Bertz CT molecular complexity index is 1190. The highest BCUT2D eigenvalue weighted by Crippen LogP contribution is 2.27. The number of pyridine rings is 1. The van der Waals surface area contributed by atoms with Gasteiger partial charge in [-0.25, -0.2) is 9.97 Å². The van der Waals surface area contributed by atoms with Crippen LogP contribution in [0.5, 0.6) is 0 Å². The molecule has 0 saturated carbocycles. The van der Waals surface area contributed by atoms with Crippen LogP contribution in [0.3, 0.4) is 0 Å². The number of hydrogen-bond donors (Lipinski definition) is 1. The van der Waals surface area contributed by atoms with E-state index in [2.05, 4.69) is 70.2 Å². The highest BCUT2D eigenvalue weighted by Gasteiger charge is 2.13. The van der Waals surface area contributed by atoms with Gasteiger partial charge in [-0.15, -0.1) is 12.4 Å². The van der Waals surface area contributed by atoms with E-state index in [9.17, 15) is 0 Å². The van der Waals surface area contributed by atoms with Crippen LogP contribution in [0.1, 0.15) is 11.3 Å². The van der Waals surface area contributed by atoms with E-state index in [4.69, 9.17) is 9.97 Å². The predicted octanol–water partition coefficient (Wildman–Crippen LogP) is 5.22. The average molecular weight is 402 g/mol. The van der Waals surface area contributed by atoms with Crippen molar-refractivity contribution in [3.63, 3.8) is 0 Å². The van der Waals surface area contributed by atoms with Gasteiger partial charge in [0.1, 0.15) is 5.69 Å². The first-order valence-electron chi connectivity index (χ1n) is 9.24. The van der Waals surface area contributed by atoms with Crippen LogP contribution < -0.4 is 0 Å². The van der Waals surface area contributed by atoms with E-state index >= 15 is 0 Å². The molecule has 0 spiro atoms. The topological polar surface area (TPSA) is 59.4 Å². The first-order chi connectivity index (χ1) is 13.7. The Hall–Kier alpha value is -3.44. The third-order valence-corrected chi connectivity index (χ3v) is 4.83. The second-order valence-electron chi connectivity index (χ2n) is 6.96. The van der Waals surface area contributed by atoms with Crippen molar-refractivity contribution in [3.8, 4) is 33.9 Å². The molecule has 2 aliphatic rings. The lowest BCUT2D eigenvalue weighted by Crippen LogP contribution is -2.01. The molecule has 1 N–H and O–H groups in total. The molecule has 5 nitrogen and oxygen atoms in total. The van der Waals surface area contributed by atoms with Crippen molar-refractivity contribution in [1.82, 2.24) is 24.7 Å². The van der Waals surface area contributed by atoms with Crippen LogP contribution in [0.4, 0.5) is 0 Å². The molecule has 5 rings (SSSR count). The highest BCUT2D eigenvalue weighted by molar-refractivity contribution is 5.85. The van der Waals surface area contributed by atoms with E-state index in [0.717, 1.165) is 35.0 Å². The average Bonchev–Trinajstić information content (AvgIpc) is 3.37. The van der Waals surface area contributed by atoms with E-state index in [1.165, 1.54) is 16.7 Å². The van der Waals surface area contributed by atoms with Crippen LogP contribution in [0.25, 0.3) is 33.9 Å². The van der Waals surface area contributed by atoms with Crippen molar-refractivity contribution < 1.29 is 0 Å². The van der Waals surface area contributed by atoms with Crippen LogP contribution >= 0.6 is 12.4 Å². The molecule has 1 aromatic heterocycles. The van der Waals surface area contributed by atoms with Gasteiger partial charge in [-0.05, 0) is 30.2 Å². The first-order valence-corrected chi connectivity index (χ1v) is 9.24. The zero-order valence-corrected chi connectivity index (χ0v) is 16.7. The lowest BCUT2D eigenvalue weighted by Gasteiger charge is -2.05. The molecule has 0 aliphatic carbocycles. The van der Waals surface area contributed by atoms with Gasteiger partial charge in [-0.3, -0.25) is 5.10 Å². The number of aromatic amines is 1. The van der Waals surface area contributed by atoms with Gasteiger partial charge < -0.3 is 4.57 Å². The van der Waals surface area contributed by atoms with Gasteiger partial charge in [0.05, 0.1) is 17.9 Å². The number of benzene rings is 2. The fourth-order valence-electron chi connectivity index (χ4n) is 3.39. The SMILES string of the molecule is Cc1cccc(-c2ccc(-c3nc4ccn(Cc5ccn[nH]5)cc-4n3)cc2)c1.Cl. The van der Waals surface area contributed by atoms with Crippen molar-refractivity contribution in [2.45, 2.75) is 13.5 Å². The minimum atomic E-state index is 0. The maximum Gasteiger partial charge on any atom is 0.160 e. The number of rotatable bonds is 4. The van der Waals surface area contributed by atoms with Gasteiger partial charge in [0.2, 0.25) is 0 Å². The largest absolute Gasteiger partial charge is 0.346 e. The molecule has 0 amide bonds. The summed E-state index contributed by atoms with van der Waals surface area (Å²) in [5, 5.41) is 6.97. The summed E-state index contributed by atoms with van der Waals surface area (Å²) in [5.41, 5.74) is 7.54. The van der Waals surface area contributed by atoms with Gasteiger partial charge in [-0.1, -0.05) is 54.1 Å². The molecular formula is C23H20ClN5. The zero-order chi connectivity index (χ0) is 18.9. The number of halogens is 1. The standard InChI is InChI=1S/C23H19N5.ClH/c1-16-3-2-4-19(13-16)17-5-7-18(8-6-17)23-25-21-10-12-28(15-22(21)26-23)14-20-9-11-24-27-20;/h2-13,15H,14H2,1H3,(H,24,27);1H. The van der Waals surface area contributed by atoms with Crippen molar-refractivity contribution >= 4 is 12.4 Å². The molecule has 0 atom stereocenters. The Labute approximate surface area is 175 Å². The maximum atomic E-state index is 4.73. The Morgan fingerprint density at radius 3 is 2.41 bits per heavy atom. The van der Waals surface area contributed by atoms with Gasteiger partial charge in [-0.2, -0.15) is 5.10 Å². The molecule has 2 aromatic carbocycles. The van der Waals surface area contributed by atoms with Crippen molar-refractivity contribution in [3.05, 3.63) is 90.5 Å².